The van der Waals surface area contributed by atoms with E-state index in [1.165, 1.54) is 12.4 Å². The zero-order valence-corrected chi connectivity index (χ0v) is 5.97. The molecule has 52 valence electrons. The lowest BCUT2D eigenvalue weighted by atomic mass is 10.4. The molecule has 0 spiro atoms. The molecule has 0 heterocycles. The van der Waals surface area contributed by atoms with Crippen LogP contribution in [0.2, 0.25) is 0 Å². The molecule has 0 saturated heterocycles. The average Bonchev–Trinajstić information content (AvgIpc) is 1.98. The van der Waals surface area contributed by atoms with Gasteiger partial charge in [-0.05, 0) is 0 Å². The first kappa shape index (κ1) is 8.73. The molecular weight excluding hydrogens is 150 g/mol. The molecule has 10 heavy (non-hydrogen) atoms. The van der Waals surface area contributed by atoms with Crippen LogP contribution in [0.15, 0.2) is 29.5 Å². The van der Waals surface area contributed by atoms with Gasteiger partial charge in [0.1, 0.15) is 11.2 Å². The van der Waals surface area contributed by atoms with Crippen LogP contribution in [0, 0.1) is 11.3 Å². The van der Waals surface area contributed by atoms with Crippen molar-refractivity contribution in [3.8, 4) is 6.07 Å². The number of hydrogen-bond donors (Lipinski definition) is 1. The van der Waals surface area contributed by atoms with Crippen molar-refractivity contribution in [3.05, 3.63) is 24.6 Å². The van der Waals surface area contributed by atoms with Crippen molar-refractivity contribution >= 4 is 16.8 Å². The van der Waals surface area contributed by atoms with Gasteiger partial charge >= 0.3 is 0 Å². The van der Waals surface area contributed by atoms with Crippen LogP contribution in [0.25, 0.3) is 0 Å². The van der Waals surface area contributed by atoms with Gasteiger partial charge in [0.05, 0.1) is 5.57 Å². The van der Waals surface area contributed by atoms with E-state index in [4.69, 9.17) is 22.6 Å². The first-order valence-corrected chi connectivity index (χ1v) is 2.79. The molecule has 0 fully saturated rings. The summed E-state index contributed by atoms with van der Waals surface area (Å²) in [6, 6.07) is 1.74. The smallest absolute Gasteiger partial charge is 0.146 e. The Labute approximate surface area is 64.1 Å². The zero-order valence-electron chi connectivity index (χ0n) is 5.21. The molecule has 2 N–H and O–H groups in total. The Morgan fingerprint density at radius 1 is 1.80 bits per heavy atom. The van der Waals surface area contributed by atoms with E-state index in [1.807, 2.05) is 0 Å². The maximum Gasteiger partial charge on any atom is 0.146 e. The zero-order chi connectivity index (χ0) is 7.98. The van der Waals surface area contributed by atoms with Crippen molar-refractivity contribution in [2.24, 2.45) is 10.7 Å². The first-order chi connectivity index (χ1) is 4.72. The highest BCUT2D eigenvalue weighted by atomic mass is 35.5. The van der Waals surface area contributed by atoms with E-state index in [1.54, 1.807) is 6.07 Å². The fourth-order valence-corrected chi connectivity index (χ4v) is 0.331. The van der Waals surface area contributed by atoms with Crippen molar-refractivity contribution in [1.82, 2.24) is 0 Å². The summed E-state index contributed by atoms with van der Waals surface area (Å²) in [7, 11) is 0. The van der Waals surface area contributed by atoms with Gasteiger partial charge in [-0.3, -0.25) is 0 Å². The highest BCUT2D eigenvalue weighted by molar-refractivity contribution is 6.70. The summed E-state index contributed by atoms with van der Waals surface area (Å²) >= 11 is 5.43. The lowest BCUT2D eigenvalue weighted by Crippen LogP contribution is -1.87. The molecule has 0 aliphatic carbocycles. The standard InChI is InChI=1S/C6H6ClN3/c1-5(4-9)6(7)10-3-2-8/h2-3H,1,8H2/b3-2-,10-6+. The predicted molar refractivity (Wildman–Crippen MR) is 41.4 cm³/mol. The van der Waals surface area contributed by atoms with Gasteiger partial charge in [0.25, 0.3) is 0 Å². The summed E-state index contributed by atoms with van der Waals surface area (Å²) in [5.74, 6) is 0. The van der Waals surface area contributed by atoms with E-state index >= 15 is 0 Å². The molecule has 0 bridgehead atoms. The quantitative estimate of drug-likeness (QED) is 0.480. The topological polar surface area (TPSA) is 62.2 Å². The minimum atomic E-state index is 0.0594. The van der Waals surface area contributed by atoms with E-state index in [2.05, 4.69) is 11.6 Å². The van der Waals surface area contributed by atoms with Crippen molar-refractivity contribution in [2.45, 2.75) is 0 Å². The van der Waals surface area contributed by atoms with Crippen LogP contribution in [0.5, 0.6) is 0 Å². The Kier molecular flexibility index (Phi) is 4.01. The van der Waals surface area contributed by atoms with Crippen LogP contribution in [-0.2, 0) is 0 Å². The Morgan fingerprint density at radius 2 is 2.40 bits per heavy atom. The number of aliphatic imine (C=N–C) groups is 1. The van der Waals surface area contributed by atoms with Gasteiger partial charge in [-0.1, -0.05) is 18.2 Å². The van der Waals surface area contributed by atoms with Gasteiger partial charge in [0, 0.05) is 12.4 Å². The summed E-state index contributed by atoms with van der Waals surface area (Å²) in [6.45, 7) is 3.33. The number of allylic oxidation sites excluding steroid dienone is 1. The average molecular weight is 156 g/mol. The van der Waals surface area contributed by atoms with E-state index in [0.29, 0.717) is 0 Å². The monoisotopic (exact) mass is 155 g/mol. The van der Waals surface area contributed by atoms with Crippen LogP contribution in [0.3, 0.4) is 0 Å². The van der Waals surface area contributed by atoms with Crippen molar-refractivity contribution in [2.75, 3.05) is 0 Å². The van der Waals surface area contributed by atoms with Crippen LogP contribution in [-0.4, -0.2) is 5.17 Å². The summed E-state index contributed by atoms with van der Waals surface area (Å²) in [4.78, 5) is 3.57. The second-order valence-corrected chi connectivity index (χ2v) is 1.71. The first-order valence-electron chi connectivity index (χ1n) is 2.41. The van der Waals surface area contributed by atoms with Crippen molar-refractivity contribution in [1.29, 1.82) is 5.26 Å². The molecule has 0 radical (unpaired) electrons. The summed E-state index contributed by atoms with van der Waals surface area (Å²) in [5, 5.41) is 8.29. The molecule has 0 saturated carbocycles. The lowest BCUT2D eigenvalue weighted by Gasteiger charge is -1.86. The predicted octanol–water partition coefficient (Wildman–Crippen LogP) is 1.13. The molecule has 0 aliphatic rings. The molecule has 0 rings (SSSR count). The number of rotatable bonds is 2. The third-order valence-corrected chi connectivity index (χ3v) is 0.984. The van der Waals surface area contributed by atoms with Gasteiger partial charge in [-0.15, -0.1) is 0 Å². The Bertz CT molecular complexity index is 222. The third kappa shape index (κ3) is 2.90. The maximum absolute atomic E-state index is 8.23. The number of nitrogens with two attached hydrogens (primary N) is 1. The molecule has 0 unspecified atom stereocenters. The minimum Gasteiger partial charge on any atom is -0.403 e. The Hall–Kier alpha value is -1.27. The molecule has 0 atom stereocenters. The highest BCUT2D eigenvalue weighted by Crippen LogP contribution is 1.97. The van der Waals surface area contributed by atoms with E-state index in [0.717, 1.165) is 0 Å². The molecule has 0 aromatic heterocycles. The van der Waals surface area contributed by atoms with E-state index in [9.17, 15) is 0 Å². The van der Waals surface area contributed by atoms with Crippen LogP contribution in [0.1, 0.15) is 0 Å². The molecule has 0 aromatic carbocycles. The van der Waals surface area contributed by atoms with E-state index in [-0.39, 0.29) is 10.7 Å². The Morgan fingerprint density at radius 3 is 2.80 bits per heavy atom. The SMILES string of the molecule is C=C(C#N)/C(Cl)=N\C=C/N. The van der Waals surface area contributed by atoms with Gasteiger partial charge in [-0.25, -0.2) is 4.99 Å². The molecular formula is C6H6ClN3. The molecule has 0 aromatic rings. The van der Waals surface area contributed by atoms with Crippen molar-refractivity contribution < 1.29 is 0 Å². The fraction of sp³-hybridized carbons (Fsp3) is 0. The van der Waals surface area contributed by atoms with Crippen LogP contribution in [0.4, 0.5) is 0 Å². The van der Waals surface area contributed by atoms with Gasteiger partial charge in [0.2, 0.25) is 0 Å². The second-order valence-electron chi connectivity index (χ2n) is 1.35. The molecule has 0 aliphatic heterocycles. The van der Waals surface area contributed by atoms with E-state index < -0.39 is 0 Å². The van der Waals surface area contributed by atoms with Gasteiger partial charge in [-0.2, -0.15) is 5.26 Å². The van der Waals surface area contributed by atoms with Crippen LogP contribution >= 0.6 is 11.6 Å². The fourth-order valence-electron chi connectivity index (χ4n) is 0.233. The van der Waals surface area contributed by atoms with Crippen LogP contribution < -0.4 is 5.73 Å². The molecule has 4 heteroatoms. The number of hydrogen-bond acceptors (Lipinski definition) is 3. The van der Waals surface area contributed by atoms with Gasteiger partial charge in [0.15, 0.2) is 0 Å². The minimum absolute atomic E-state index is 0.0594. The Balaban J connectivity index is 4.23. The normalized spacial score (nSPS) is 11.4. The number of nitriles is 1. The molecule has 3 nitrogen and oxygen atoms in total. The van der Waals surface area contributed by atoms with Crippen molar-refractivity contribution in [3.63, 3.8) is 0 Å². The lowest BCUT2D eigenvalue weighted by molar-refractivity contribution is 1.48. The largest absolute Gasteiger partial charge is 0.403 e. The molecule has 0 amide bonds. The number of nitrogens with zero attached hydrogens (tertiary/aromatic N) is 2. The number of halogens is 1. The summed E-state index contributed by atoms with van der Waals surface area (Å²) < 4.78 is 0. The maximum atomic E-state index is 8.23. The highest BCUT2D eigenvalue weighted by Gasteiger charge is 1.95. The summed E-state index contributed by atoms with van der Waals surface area (Å²) in [6.07, 6.45) is 2.50. The second kappa shape index (κ2) is 4.59. The summed E-state index contributed by atoms with van der Waals surface area (Å²) in [5.41, 5.74) is 5.08. The third-order valence-electron chi connectivity index (χ3n) is 0.658. The van der Waals surface area contributed by atoms with Gasteiger partial charge < -0.3 is 5.73 Å².